The molecule has 0 unspecified atom stereocenters. The van der Waals surface area contributed by atoms with E-state index in [1.165, 1.54) is 0 Å². The molecule has 0 amide bonds. The van der Waals surface area contributed by atoms with Gasteiger partial charge in [0.2, 0.25) is 0 Å². The molecule has 0 bridgehead atoms. The Morgan fingerprint density at radius 3 is 2.52 bits per heavy atom. The Bertz CT molecular complexity index is 777. The van der Waals surface area contributed by atoms with E-state index >= 15 is 0 Å². The number of hydrogen-bond donors (Lipinski definition) is 3. The Morgan fingerprint density at radius 1 is 1.07 bits per heavy atom. The Morgan fingerprint density at radius 2 is 1.83 bits per heavy atom. The van der Waals surface area contributed by atoms with Gasteiger partial charge in [-0.1, -0.05) is 6.92 Å². The largest absolute Gasteiger partial charge is 0.458 e. The van der Waals surface area contributed by atoms with Crippen molar-refractivity contribution in [3.63, 3.8) is 0 Å². The highest BCUT2D eigenvalue weighted by atomic mass is 16.5. The lowest BCUT2D eigenvalue weighted by Crippen LogP contribution is -2.68. The van der Waals surface area contributed by atoms with Crippen LogP contribution in [0.2, 0.25) is 0 Å². The monoisotopic (exact) mass is 404 g/mol. The molecule has 3 N–H and O–H groups in total. The van der Waals surface area contributed by atoms with E-state index in [4.69, 9.17) is 4.74 Å². The Balaban J connectivity index is 1.52. The molecule has 4 saturated carbocycles. The Hall–Kier alpha value is -1.24. The zero-order valence-corrected chi connectivity index (χ0v) is 17.1. The molecule has 0 saturated heterocycles. The van der Waals surface area contributed by atoms with E-state index in [-0.39, 0.29) is 35.6 Å². The van der Waals surface area contributed by atoms with Crippen LogP contribution in [-0.4, -0.2) is 51.5 Å². The van der Waals surface area contributed by atoms with E-state index in [2.05, 4.69) is 6.92 Å². The maximum atomic E-state index is 12.5. The van der Waals surface area contributed by atoms with Gasteiger partial charge in [0, 0.05) is 17.9 Å². The molecule has 5 rings (SSSR count). The summed E-state index contributed by atoms with van der Waals surface area (Å²) in [6, 6.07) is 0. The molecule has 1 aliphatic heterocycles. The number of carbonyl (C=O) groups is 2. The van der Waals surface area contributed by atoms with E-state index in [0.29, 0.717) is 38.7 Å². The van der Waals surface area contributed by atoms with Crippen LogP contribution in [0.1, 0.15) is 64.7 Å². The fourth-order valence-corrected chi connectivity index (χ4v) is 8.34. The van der Waals surface area contributed by atoms with Gasteiger partial charge in [0.1, 0.15) is 12.9 Å². The van der Waals surface area contributed by atoms with Crippen molar-refractivity contribution < 1.29 is 29.6 Å². The van der Waals surface area contributed by atoms with Crippen LogP contribution in [0.3, 0.4) is 0 Å². The smallest absolute Gasteiger partial charge is 0.331 e. The molecular formula is C23H32O6. The van der Waals surface area contributed by atoms with Gasteiger partial charge in [-0.15, -0.1) is 0 Å². The van der Waals surface area contributed by atoms with Crippen LogP contribution in [0.15, 0.2) is 11.6 Å². The molecule has 5 aliphatic rings. The lowest BCUT2D eigenvalue weighted by Gasteiger charge is -2.65. The van der Waals surface area contributed by atoms with Gasteiger partial charge >= 0.3 is 5.97 Å². The molecule has 4 fully saturated rings. The van der Waals surface area contributed by atoms with Crippen molar-refractivity contribution in [3.8, 4) is 0 Å². The van der Waals surface area contributed by atoms with E-state index in [9.17, 15) is 24.9 Å². The molecule has 160 valence electrons. The minimum Gasteiger partial charge on any atom is -0.458 e. The summed E-state index contributed by atoms with van der Waals surface area (Å²) in [4.78, 5) is 24.1. The first kappa shape index (κ1) is 19.7. The second kappa shape index (κ2) is 6.14. The van der Waals surface area contributed by atoms with Crippen molar-refractivity contribution >= 4 is 12.3 Å². The van der Waals surface area contributed by atoms with Gasteiger partial charge in [0.15, 0.2) is 0 Å². The normalized spacial score (nSPS) is 54.1. The minimum atomic E-state index is -1.18. The van der Waals surface area contributed by atoms with Gasteiger partial charge in [-0.3, -0.25) is 0 Å². The molecule has 6 nitrogen and oxygen atoms in total. The second-order valence-electron chi connectivity index (χ2n) is 10.6. The van der Waals surface area contributed by atoms with Crippen LogP contribution in [-0.2, 0) is 14.3 Å². The topological polar surface area (TPSA) is 104 Å². The predicted octanol–water partition coefficient (Wildman–Crippen LogP) is 1.90. The molecule has 29 heavy (non-hydrogen) atoms. The molecule has 6 heteroatoms. The maximum Gasteiger partial charge on any atom is 0.331 e. The van der Waals surface area contributed by atoms with Crippen molar-refractivity contribution in [1.29, 1.82) is 0 Å². The highest BCUT2D eigenvalue weighted by Crippen LogP contribution is 2.70. The summed E-state index contributed by atoms with van der Waals surface area (Å²) in [6.45, 7) is 2.46. The number of aliphatic hydroxyl groups is 3. The summed E-state index contributed by atoms with van der Waals surface area (Å²) in [5.74, 6) is -0.304. The Labute approximate surface area is 171 Å². The van der Waals surface area contributed by atoms with E-state index in [1.807, 2.05) is 0 Å². The number of aliphatic hydroxyl groups excluding tert-OH is 1. The maximum absolute atomic E-state index is 12.5. The lowest BCUT2D eigenvalue weighted by molar-refractivity contribution is -0.248. The molecule has 0 spiro atoms. The van der Waals surface area contributed by atoms with Crippen LogP contribution >= 0.6 is 0 Å². The summed E-state index contributed by atoms with van der Waals surface area (Å²) in [5.41, 5.74) is -2.34. The van der Waals surface area contributed by atoms with Crippen molar-refractivity contribution in [3.05, 3.63) is 11.6 Å². The van der Waals surface area contributed by atoms with Gasteiger partial charge in [0.25, 0.3) is 0 Å². The first-order valence-corrected chi connectivity index (χ1v) is 11.2. The SMILES string of the molecule is C[C@@]12CC[C@@H]3[C@H](CC[C@@]4(O)C[C@H](O)CC[C@]34C=O)[C@@]1(O)CC[C@H]2C1=CC(=O)OC1. The quantitative estimate of drug-likeness (QED) is 0.480. The molecule has 0 aromatic carbocycles. The van der Waals surface area contributed by atoms with Gasteiger partial charge < -0.3 is 24.9 Å². The summed E-state index contributed by atoms with van der Waals surface area (Å²) in [6.07, 6.45) is 7.36. The van der Waals surface area contributed by atoms with Gasteiger partial charge in [0.05, 0.1) is 22.7 Å². The summed E-state index contributed by atoms with van der Waals surface area (Å²) >= 11 is 0. The van der Waals surface area contributed by atoms with Gasteiger partial charge in [-0.05, 0) is 74.7 Å². The number of cyclic esters (lactones) is 1. The van der Waals surface area contributed by atoms with Crippen molar-refractivity contribution in [2.75, 3.05) is 6.61 Å². The standard InChI is InChI=1S/C23H32O6/c1-20-6-3-17-18(4-8-22(27)11-15(25)2-7-21(17,22)13-24)23(20,28)9-5-16(20)14-10-19(26)29-12-14/h10,13,15-18,25,27-28H,2-9,11-12H2,1H3/t15-,16+,17-,18+,20+,21+,22-,23+/m1/s1. The molecule has 8 atom stereocenters. The summed E-state index contributed by atoms with van der Waals surface area (Å²) in [5, 5.41) is 33.7. The van der Waals surface area contributed by atoms with E-state index < -0.39 is 22.7 Å². The van der Waals surface area contributed by atoms with Crippen LogP contribution < -0.4 is 0 Å². The predicted molar refractivity (Wildman–Crippen MR) is 104 cm³/mol. The highest BCUT2D eigenvalue weighted by molar-refractivity contribution is 5.85. The highest BCUT2D eigenvalue weighted by Gasteiger charge is 2.71. The number of carbonyl (C=O) groups excluding carboxylic acids is 2. The van der Waals surface area contributed by atoms with Crippen molar-refractivity contribution in [2.24, 2.45) is 28.6 Å². The van der Waals surface area contributed by atoms with Crippen LogP contribution in [0, 0.1) is 28.6 Å². The van der Waals surface area contributed by atoms with Crippen molar-refractivity contribution in [1.82, 2.24) is 0 Å². The molecule has 0 aromatic rings. The fraction of sp³-hybridized carbons (Fsp3) is 0.826. The average Bonchev–Trinajstić information content (AvgIpc) is 3.21. The van der Waals surface area contributed by atoms with Crippen molar-refractivity contribution in [2.45, 2.75) is 82.0 Å². The molecule has 1 heterocycles. The summed E-state index contributed by atoms with van der Waals surface area (Å²) in [7, 11) is 0. The molecule has 0 aromatic heterocycles. The second-order valence-corrected chi connectivity index (χ2v) is 10.6. The third kappa shape index (κ3) is 2.34. The van der Waals surface area contributed by atoms with Crippen LogP contribution in [0.4, 0.5) is 0 Å². The van der Waals surface area contributed by atoms with E-state index in [1.54, 1.807) is 6.08 Å². The number of rotatable bonds is 2. The number of hydrogen-bond acceptors (Lipinski definition) is 6. The first-order chi connectivity index (χ1) is 13.7. The number of ether oxygens (including phenoxy) is 1. The molecular weight excluding hydrogens is 372 g/mol. The Kier molecular flexibility index (Phi) is 4.18. The first-order valence-electron chi connectivity index (χ1n) is 11.2. The van der Waals surface area contributed by atoms with Gasteiger partial charge in [-0.25, -0.2) is 4.79 Å². The lowest BCUT2D eigenvalue weighted by atomic mass is 9.41. The molecule has 0 radical (unpaired) electrons. The fourth-order valence-electron chi connectivity index (χ4n) is 8.34. The minimum absolute atomic E-state index is 0.0504. The zero-order valence-electron chi connectivity index (χ0n) is 17.1. The number of fused-ring (bicyclic) bond motifs is 5. The zero-order chi connectivity index (χ0) is 20.7. The molecule has 4 aliphatic carbocycles. The number of aldehydes is 1. The third-order valence-corrected chi connectivity index (χ3v) is 9.85. The third-order valence-electron chi connectivity index (χ3n) is 9.85. The van der Waals surface area contributed by atoms with Gasteiger partial charge in [-0.2, -0.15) is 0 Å². The van der Waals surface area contributed by atoms with Crippen LogP contribution in [0.5, 0.6) is 0 Å². The van der Waals surface area contributed by atoms with E-state index in [0.717, 1.165) is 31.1 Å². The van der Waals surface area contributed by atoms with Crippen LogP contribution in [0.25, 0.3) is 0 Å². The average molecular weight is 405 g/mol. The number of esters is 1. The summed E-state index contributed by atoms with van der Waals surface area (Å²) < 4.78 is 5.15.